The van der Waals surface area contributed by atoms with Crippen molar-refractivity contribution in [2.75, 3.05) is 19.7 Å². The molecule has 0 aromatic heterocycles. The van der Waals surface area contributed by atoms with E-state index in [1.807, 2.05) is 13.8 Å². The van der Waals surface area contributed by atoms with Crippen molar-refractivity contribution in [3.63, 3.8) is 0 Å². The van der Waals surface area contributed by atoms with Crippen LogP contribution in [0, 0.1) is 5.92 Å². The van der Waals surface area contributed by atoms with Gasteiger partial charge in [-0.25, -0.2) is 4.79 Å². The second-order valence-corrected chi connectivity index (χ2v) is 4.18. The first-order chi connectivity index (χ1) is 6.68. The number of ether oxygens (including phenoxy) is 1. The highest BCUT2D eigenvalue weighted by atomic mass is 16.5. The molecule has 1 aliphatic rings. The average molecular weight is 200 g/mol. The summed E-state index contributed by atoms with van der Waals surface area (Å²) in [5.41, 5.74) is 0. The number of carbonyl (C=O) groups excluding carboxylic acids is 1. The van der Waals surface area contributed by atoms with Crippen molar-refractivity contribution in [1.29, 1.82) is 0 Å². The van der Waals surface area contributed by atoms with Gasteiger partial charge in [-0.05, 0) is 25.3 Å². The van der Waals surface area contributed by atoms with Gasteiger partial charge >= 0.3 is 6.09 Å². The fraction of sp³-hybridized carbons (Fsp3) is 0.900. The Labute approximate surface area is 85.4 Å². The van der Waals surface area contributed by atoms with Gasteiger partial charge in [0, 0.05) is 12.6 Å². The van der Waals surface area contributed by atoms with E-state index in [0.29, 0.717) is 12.5 Å². The molecule has 0 saturated carbocycles. The van der Waals surface area contributed by atoms with Gasteiger partial charge in [-0.1, -0.05) is 13.8 Å². The second kappa shape index (κ2) is 5.86. The van der Waals surface area contributed by atoms with Gasteiger partial charge in [-0.3, -0.25) is 0 Å². The molecule has 2 N–H and O–H groups in total. The number of nitrogens with one attached hydrogen (secondary N) is 2. The Morgan fingerprint density at radius 1 is 1.64 bits per heavy atom. The van der Waals surface area contributed by atoms with E-state index in [0.717, 1.165) is 25.9 Å². The molecule has 82 valence electrons. The molecule has 1 fully saturated rings. The molecule has 1 heterocycles. The van der Waals surface area contributed by atoms with E-state index in [-0.39, 0.29) is 12.1 Å². The minimum absolute atomic E-state index is 0.239. The Balaban J connectivity index is 2.12. The summed E-state index contributed by atoms with van der Waals surface area (Å²) in [5.74, 6) is 0.394. The average Bonchev–Trinajstić information content (AvgIpc) is 2.16. The molecule has 0 aromatic rings. The highest BCUT2D eigenvalue weighted by Crippen LogP contribution is 2.01. The molecular weight excluding hydrogens is 180 g/mol. The highest BCUT2D eigenvalue weighted by Gasteiger charge is 2.15. The number of piperidine rings is 1. The van der Waals surface area contributed by atoms with Crippen LogP contribution in [-0.4, -0.2) is 31.8 Å². The molecular formula is C10H20N2O2. The summed E-state index contributed by atoms with van der Waals surface area (Å²) in [6.45, 7) is 6.45. The summed E-state index contributed by atoms with van der Waals surface area (Å²) in [7, 11) is 0. The van der Waals surface area contributed by atoms with E-state index in [9.17, 15) is 4.79 Å². The van der Waals surface area contributed by atoms with Crippen molar-refractivity contribution < 1.29 is 9.53 Å². The summed E-state index contributed by atoms with van der Waals surface area (Å²) >= 11 is 0. The molecule has 14 heavy (non-hydrogen) atoms. The minimum atomic E-state index is -0.285. The molecule has 1 aliphatic heterocycles. The molecule has 0 bridgehead atoms. The largest absolute Gasteiger partial charge is 0.449 e. The van der Waals surface area contributed by atoms with Gasteiger partial charge in [0.25, 0.3) is 0 Å². The third kappa shape index (κ3) is 4.46. The maximum atomic E-state index is 11.3. The van der Waals surface area contributed by atoms with Crippen LogP contribution in [0.3, 0.4) is 0 Å². The number of rotatable bonds is 3. The minimum Gasteiger partial charge on any atom is -0.449 e. The van der Waals surface area contributed by atoms with Crippen LogP contribution in [0.2, 0.25) is 0 Å². The molecule has 1 rings (SSSR count). The van der Waals surface area contributed by atoms with Gasteiger partial charge in [0.2, 0.25) is 0 Å². The van der Waals surface area contributed by atoms with Crippen LogP contribution in [0.4, 0.5) is 4.79 Å². The molecule has 0 aromatic carbocycles. The number of carbonyl (C=O) groups is 1. The zero-order chi connectivity index (χ0) is 10.4. The quantitative estimate of drug-likeness (QED) is 0.717. The summed E-state index contributed by atoms with van der Waals surface area (Å²) in [5, 5.41) is 6.09. The van der Waals surface area contributed by atoms with Crippen molar-refractivity contribution in [2.24, 2.45) is 5.92 Å². The zero-order valence-electron chi connectivity index (χ0n) is 9.01. The standard InChI is InChI=1S/C10H20N2O2/c1-8(2)7-14-10(13)12-9-4-3-5-11-6-9/h8-9,11H,3-7H2,1-2H3,(H,12,13)/t9-/m1/s1. The third-order valence-corrected chi connectivity index (χ3v) is 2.17. The summed E-state index contributed by atoms with van der Waals surface area (Å²) in [6.07, 6.45) is 1.88. The lowest BCUT2D eigenvalue weighted by molar-refractivity contribution is 0.127. The van der Waals surface area contributed by atoms with Gasteiger partial charge < -0.3 is 15.4 Å². The van der Waals surface area contributed by atoms with Gasteiger partial charge in [0.15, 0.2) is 0 Å². The first-order valence-corrected chi connectivity index (χ1v) is 5.32. The Morgan fingerprint density at radius 3 is 3.00 bits per heavy atom. The molecule has 1 atom stereocenters. The topological polar surface area (TPSA) is 50.4 Å². The van der Waals surface area contributed by atoms with Crippen molar-refractivity contribution >= 4 is 6.09 Å². The van der Waals surface area contributed by atoms with Crippen molar-refractivity contribution in [3.05, 3.63) is 0 Å². The number of alkyl carbamates (subject to hydrolysis) is 1. The lowest BCUT2D eigenvalue weighted by atomic mass is 10.1. The predicted molar refractivity (Wildman–Crippen MR) is 55.2 cm³/mol. The monoisotopic (exact) mass is 200 g/mol. The number of hydrogen-bond acceptors (Lipinski definition) is 3. The fourth-order valence-electron chi connectivity index (χ4n) is 1.43. The van der Waals surface area contributed by atoms with E-state index in [1.54, 1.807) is 0 Å². The Hall–Kier alpha value is -0.770. The first-order valence-electron chi connectivity index (χ1n) is 5.32. The van der Waals surface area contributed by atoms with E-state index >= 15 is 0 Å². The van der Waals surface area contributed by atoms with Crippen LogP contribution in [0.1, 0.15) is 26.7 Å². The van der Waals surface area contributed by atoms with Gasteiger partial charge in [0.1, 0.15) is 0 Å². The second-order valence-electron chi connectivity index (χ2n) is 4.18. The van der Waals surface area contributed by atoms with E-state index in [1.165, 1.54) is 0 Å². The molecule has 1 saturated heterocycles. The molecule has 0 aliphatic carbocycles. The Kier molecular flexibility index (Phi) is 4.73. The van der Waals surface area contributed by atoms with E-state index < -0.39 is 0 Å². The predicted octanol–water partition coefficient (Wildman–Crippen LogP) is 1.12. The maximum absolute atomic E-state index is 11.3. The van der Waals surface area contributed by atoms with Crippen LogP contribution < -0.4 is 10.6 Å². The molecule has 4 nitrogen and oxygen atoms in total. The third-order valence-electron chi connectivity index (χ3n) is 2.17. The van der Waals surface area contributed by atoms with E-state index in [4.69, 9.17) is 4.74 Å². The zero-order valence-corrected chi connectivity index (χ0v) is 9.01. The van der Waals surface area contributed by atoms with Crippen LogP contribution in [-0.2, 0) is 4.74 Å². The van der Waals surface area contributed by atoms with Crippen molar-refractivity contribution in [2.45, 2.75) is 32.7 Å². The van der Waals surface area contributed by atoms with Crippen LogP contribution in [0.5, 0.6) is 0 Å². The number of hydrogen-bond donors (Lipinski definition) is 2. The maximum Gasteiger partial charge on any atom is 0.407 e. The summed E-state index contributed by atoms with van der Waals surface area (Å²) in [4.78, 5) is 11.3. The van der Waals surface area contributed by atoms with Crippen molar-refractivity contribution in [1.82, 2.24) is 10.6 Å². The van der Waals surface area contributed by atoms with Crippen LogP contribution in [0.25, 0.3) is 0 Å². The molecule has 0 radical (unpaired) electrons. The van der Waals surface area contributed by atoms with Crippen molar-refractivity contribution in [3.8, 4) is 0 Å². The molecule has 4 heteroatoms. The molecule has 0 spiro atoms. The normalized spacial score (nSPS) is 22.1. The van der Waals surface area contributed by atoms with Gasteiger partial charge in [-0.15, -0.1) is 0 Å². The van der Waals surface area contributed by atoms with E-state index in [2.05, 4.69) is 10.6 Å². The SMILES string of the molecule is CC(C)COC(=O)N[C@@H]1CCCNC1. The molecule has 1 amide bonds. The lowest BCUT2D eigenvalue weighted by Gasteiger charge is -2.23. The highest BCUT2D eigenvalue weighted by molar-refractivity contribution is 5.67. The first kappa shape index (κ1) is 11.3. The summed E-state index contributed by atoms with van der Waals surface area (Å²) in [6, 6.07) is 0.239. The Morgan fingerprint density at radius 2 is 2.43 bits per heavy atom. The van der Waals surface area contributed by atoms with Crippen LogP contribution in [0.15, 0.2) is 0 Å². The van der Waals surface area contributed by atoms with Gasteiger partial charge in [-0.2, -0.15) is 0 Å². The lowest BCUT2D eigenvalue weighted by Crippen LogP contribution is -2.45. The van der Waals surface area contributed by atoms with Gasteiger partial charge in [0.05, 0.1) is 6.61 Å². The molecule has 0 unspecified atom stereocenters. The van der Waals surface area contributed by atoms with Crippen LogP contribution >= 0.6 is 0 Å². The number of amides is 1. The smallest absolute Gasteiger partial charge is 0.407 e. The fourth-order valence-corrected chi connectivity index (χ4v) is 1.43. The summed E-state index contributed by atoms with van der Waals surface area (Å²) < 4.78 is 5.03. The Bertz CT molecular complexity index is 177.